The van der Waals surface area contributed by atoms with Gasteiger partial charge in [0.2, 0.25) is 0 Å². The van der Waals surface area contributed by atoms with Crippen molar-refractivity contribution in [2.45, 2.75) is 12.8 Å². The molecule has 0 aliphatic rings. The van der Waals surface area contributed by atoms with Gasteiger partial charge in [0, 0.05) is 4.47 Å². The summed E-state index contributed by atoms with van der Waals surface area (Å²) in [5.41, 5.74) is 0.982. The van der Waals surface area contributed by atoms with Crippen LogP contribution in [-0.2, 0) is 6.42 Å². The lowest BCUT2D eigenvalue weighted by molar-refractivity contribution is 0.625. The maximum Gasteiger partial charge on any atom is 0.123 e. The first-order valence-corrected chi connectivity index (χ1v) is 5.77. The highest BCUT2D eigenvalue weighted by atomic mass is 79.9. The van der Waals surface area contributed by atoms with Crippen LogP contribution in [0.15, 0.2) is 34.8 Å². The number of hydrogen-bond donors (Lipinski definition) is 1. The lowest BCUT2D eigenvalue weighted by atomic mass is 10.1. The molecule has 0 amide bonds. The molecule has 0 saturated carbocycles. The number of hydrogen-bond acceptors (Lipinski definition) is 1. The summed E-state index contributed by atoms with van der Waals surface area (Å²) in [4.78, 5) is 0. The Morgan fingerprint density at radius 2 is 2.20 bits per heavy atom. The molecule has 0 fully saturated rings. The molecule has 1 rings (SSSR count). The first kappa shape index (κ1) is 12.4. The van der Waals surface area contributed by atoms with E-state index in [9.17, 15) is 4.39 Å². The van der Waals surface area contributed by atoms with E-state index < -0.39 is 0 Å². The summed E-state index contributed by atoms with van der Waals surface area (Å²) >= 11 is 3.40. The van der Waals surface area contributed by atoms with Crippen LogP contribution in [0.1, 0.15) is 12.0 Å². The lowest BCUT2D eigenvalue weighted by Gasteiger charge is -2.00. The van der Waals surface area contributed by atoms with Crippen molar-refractivity contribution in [3.8, 4) is 0 Å². The Morgan fingerprint density at radius 3 is 2.93 bits per heavy atom. The van der Waals surface area contributed by atoms with Gasteiger partial charge in [0.1, 0.15) is 5.82 Å². The highest BCUT2D eigenvalue weighted by Crippen LogP contribution is 2.18. The third-order valence-corrected chi connectivity index (χ3v) is 2.85. The van der Waals surface area contributed by atoms with E-state index in [2.05, 4.69) is 33.4 Å². The molecule has 0 spiro atoms. The Kier molecular flexibility index (Phi) is 5.58. The largest absolute Gasteiger partial charge is 0.319 e. The number of allylic oxidation sites excluding steroid dienone is 1. The Bertz CT molecular complexity index is 336. The second-order valence-electron chi connectivity index (χ2n) is 3.30. The van der Waals surface area contributed by atoms with Gasteiger partial charge in [-0.15, -0.1) is 0 Å². The van der Waals surface area contributed by atoms with E-state index in [1.165, 1.54) is 6.07 Å². The fourth-order valence-corrected chi connectivity index (χ4v) is 1.66. The molecule has 1 aromatic carbocycles. The van der Waals surface area contributed by atoms with Gasteiger partial charge >= 0.3 is 0 Å². The molecule has 0 radical (unpaired) electrons. The minimum Gasteiger partial charge on any atom is -0.319 e. The van der Waals surface area contributed by atoms with Crippen LogP contribution in [-0.4, -0.2) is 13.6 Å². The van der Waals surface area contributed by atoms with Gasteiger partial charge in [-0.1, -0.05) is 28.1 Å². The predicted molar refractivity (Wildman–Crippen MR) is 65.5 cm³/mol. The summed E-state index contributed by atoms with van der Waals surface area (Å²) in [5.74, 6) is -0.183. The van der Waals surface area contributed by atoms with E-state index in [0.29, 0.717) is 0 Å². The number of benzene rings is 1. The van der Waals surface area contributed by atoms with Gasteiger partial charge in [-0.25, -0.2) is 4.39 Å². The van der Waals surface area contributed by atoms with E-state index in [-0.39, 0.29) is 5.82 Å². The minimum absolute atomic E-state index is 0.183. The average molecular weight is 272 g/mol. The van der Waals surface area contributed by atoms with E-state index in [4.69, 9.17) is 0 Å². The second-order valence-corrected chi connectivity index (χ2v) is 4.16. The first-order chi connectivity index (χ1) is 7.24. The van der Waals surface area contributed by atoms with E-state index in [0.717, 1.165) is 29.4 Å². The van der Waals surface area contributed by atoms with Crippen LogP contribution in [0.4, 0.5) is 4.39 Å². The van der Waals surface area contributed by atoms with Crippen molar-refractivity contribution in [3.63, 3.8) is 0 Å². The molecule has 1 aromatic rings. The fraction of sp³-hybridized carbons (Fsp3) is 0.333. The van der Waals surface area contributed by atoms with Crippen molar-refractivity contribution >= 4 is 15.9 Å². The highest BCUT2D eigenvalue weighted by molar-refractivity contribution is 9.10. The van der Waals surface area contributed by atoms with E-state index >= 15 is 0 Å². The molecule has 1 N–H and O–H groups in total. The molecule has 82 valence electrons. The molecule has 0 unspecified atom stereocenters. The standard InChI is InChI=1S/C12H15BrFN/c1-15-8-4-2-3-5-10-9-11(14)6-7-12(10)13/h2-3,6-7,9,15H,4-5,8H2,1H3. The fourth-order valence-electron chi connectivity index (χ4n) is 1.26. The smallest absolute Gasteiger partial charge is 0.123 e. The van der Waals surface area contributed by atoms with Crippen molar-refractivity contribution in [1.82, 2.24) is 5.32 Å². The summed E-state index contributed by atoms with van der Waals surface area (Å²) in [5, 5.41) is 3.07. The SMILES string of the molecule is CNCCC=CCc1cc(F)ccc1Br. The monoisotopic (exact) mass is 271 g/mol. The summed E-state index contributed by atoms with van der Waals surface area (Å²) < 4.78 is 13.9. The topological polar surface area (TPSA) is 12.0 Å². The van der Waals surface area contributed by atoms with E-state index in [1.807, 2.05) is 7.05 Å². The Labute approximate surface area is 98.5 Å². The molecule has 1 nitrogen and oxygen atoms in total. The molecule has 15 heavy (non-hydrogen) atoms. The molecular weight excluding hydrogens is 257 g/mol. The molecule has 0 aromatic heterocycles. The lowest BCUT2D eigenvalue weighted by Crippen LogP contribution is -2.05. The van der Waals surface area contributed by atoms with Gasteiger partial charge < -0.3 is 5.32 Å². The summed E-state index contributed by atoms with van der Waals surface area (Å²) in [7, 11) is 1.93. The molecule has 0 aliphatic carbocycles. The van der Waals surface area contributed by atoms with Gasteiger partial charge in [-0.3, -0.25) is 0 Å². The third kappa shape index (κ3) is 4.58. The van der Waals surface area contributed by atoms with Crippen LogP contribution in [0.3, 0.4) is 0 Å². The van der Waals surface area contributed by atoms with Crippen LogP contribution >= 0.6 is 15.9 Å². The van der Waals surface area contributed by atoms with Crippen molar-refractivity contribution in [2.24, 2.45) is 0 Å². The summed E-state index contributed by atoms with van der Waals surface area (Å²) in [6, 6.07) is 4.76. The number of halogens is 2. The molecule has 0 heterocycles. The first-order valence-electron chi connectivity index (χ1n) is 4.97. The zero-order chi connectivity index (χ0) is 11.1. The minimum atomic E-state index is -0.183. The van der Waals surface area contributed by atoms with Crippen LogP contribution < -0.4 is 5.32 Å². The van der Waals surface area contributed by atoms with Crippen LogP contribution in [0.25, 0.3) is 0 Å². The van der Waals surface area contributed by atoms with E-state index in [1.54, 1.807) is 12.1 Å². The molecule has 0 aliphatic heterocycles. The Balaban J connectivity index is 2.49. The molecule has 0 atom stereocenters. The predicted octanol–water partition coefficient (Wildman–Crippen LogP) is 3.30. The normalized spacial score (nSPS) is 11.1. The number of rotatable bonds is 5. The third-order valence-electron chi connectivity index (χ3n) is 2.07. The van der Waals surface area contributed by atoms with Gasteiger partial charge in [0.05, 0.1) is 0 Å². The van der Waals surface area contributed by atoms with Gasteiger partial charge in [0.15, 0.2) is 0 Å². The Morgan fingerprint density at radius 1 is 1.40 bits per heavy atom. The van der Waals surface area contributed by atoms with Crippen molar-refractivity contribution in [1.29, 1.82) is 0 Å². The Hall–Kier alpha value is -0.670. The van der Waals surface area contributed by atoms with Crippen LogP contribution in [0.2, 0.25) is 0 Å². The van der Waals surface area contributed by atoms with Crippen LogP contribution in [0, 0.1) is 5.82 Å². The quantitative estimate of drug-likeness (QED) is 0.640. The maximum absolute atomic E-state index is 12.9. The molecule has 0 bridgehead atoms. The maximum atomic E-state index is 12.9. The van der Waals surface area contributed by atoms with Gasteiger partial charge in [0.25, 0.3) is 0 Å². The summed E-state index contributed by atoms with van der Waals surface area (Å²) in [6.07, 6.45) is 5.94. The van der Waals surface area contributed by atoms with Crippen LogP contribution in [0.5, 0.6) is 0 Å². The van der Waals surface area contributed by atoms with Gasteiger partial charge in [-0.2, -0.15) is 0 Å². The van der Waals surface area contributed by atoms with Crippen molar-refractivity contribution < 1.29 is 4.39 Å². The average Bonchev–Trinajstić information content (AvgIpc) is 2.23. The molecule has 3 heteroatoms. The molecular formula is C12H15BrFN. The van der Waals surface area contributed by atoms with Crippen molar-refractivity contribution in [3.05, 3.63) is 46.2 Å². The zero-order valence-corrected chi connectivity index (χ0v) is 10.3. The number of nitrogens with one attached hydrogen (secondary N) is 1. The molecule has 0 saturated heterocycles. The second kappa shape index (κ2) is 6.75. The summed E-state index contributed by atoms with van der Waals surface area (Å²) in [6.45, 7) is 0.973. The van der Waals surface area contributed by atoms with Crippen molar-refractivity contribution in [2.75, 3.05) is 13.6 Å². The van der Waals surface area contributed by atoms with Gasteiger partial charge in [-0.05, 0) is 50.2 Å². The zero-order valence-electron chi connectivity index (χ0n) is 8.76. The highest BCUT2D eigenvalue weighted by Gasteiger charge is 1.98.